The Balaban J connectivity index is 1.52. The second-order valence-electron chi connectivity index (χ2n) is 4.33. The Morgan fingerprint density at radius 1 is 1.30 bits per heavy atom. The molecule has 106 valence electrons. The number of unbranched alkanes of at least 4 members (excludes halogenated alkanes) is 1. The molecule has 2 aromatic heterocycles. The maximum atomic E-state index is 11.5. The molecule has 0 radical (unpaired) electrons. The Morgan fingerprint density at radius 2 is 2.25 bits per heavy atom. The van der Waals surface area contributed by atoms with Gasteiger partial charge in [0.1, 0.15) is 5.75 Å². The lowest BCUT2D eigenvalue weighted by Crippen LogP contribution is -2.29. The van der Waals surface area contributed by atoms with Crippen LogP contribution in [-0.4, -0.2) is 33.6 Å². The van der Waals surface area contributed by atoms with Crippen molar-refractivity contribution in [2.45, 2.75) is 19.4 Å². The highest BCUT2D eigenvalue weighted by atomic mass is 16.5. The van der Waals surface area contributed by atoms with Crippen LogP contribution in [0.25, 0.3) is 0 Å². The summed E-state index contributed by atoms with van der Waals surface area (Å²) in [6.45, 7) is 1.60. The van der Waals surface area contributed by atoms with Gasteiger partial charge in [0.2, 0.25) is 0 Å². The molecule has 0 saturated carbocycles. The van der Waals surface area contributed by atoms with Gasteiger partial charge in [-0.3, -0.25) is 9.78 Å². The van der Waals surface area contributed by atoms with E-state index in [4.69, 9.17) is 4.74 Å². The second kappa shape index (κ2) is 7.93. The molecule has 0 atom stereocenters. The van der Waals surface area contributed by atoms with Crippen LogP contribution < -0.4 is 10.1 Å². The zero-order valence-electron chi connectivity index (χ0n) is 11.2. The number of imidazole rings is 1. The number of rotatable bonds is 8. The van der Waals surface area contributed by atoms with E-state index in [9.17, 15) is 4.79 Å². The first-order chi connectivity index (χ1) is 9.84. The summed E-state index contributed by atoms with van der Waals surface area (Å²) in [6, 6.07) is 3.54. The SMILES string of the molecule is O=C(COc1cccnc1)NCCCCn1ccnc1. The number of hydrogen-bond donors (Lipinski definition) is 1. The summed E-state index contributed by atoms with van der Waals surface area (Å²) in [6.07, 6.45) is 10.7. The van der Waals surface area contributed by atoms with Gasteiger partial charge in [-0.2, -0.15) is 0 Å². The van der Waals surface area contributed by atoms with Crippen molar-refractivity contribution in [1.82, 2.24) is 19.9 Å². The van der Waals surface area contributed by atoms with Gasteiger partial charge in [-0.15, -0.1) is 0 Å². The maximum absolute atomic E-state index is 11.5. The number of carbonyl (C=O) groups is 1. The largest absolute Gasteiger partial charge is 0.482 e. The summed E-state index contributed by atoms with van der Waals surface area (Å²) in [7, 11) is 0. The number of hydrogen-bond acceptors (Lipinski definition) is 4. The molecule has 2 rings (SSSR count). The van der Waals surface area contributed by atoms with Gasteiger partial charge in [-0.05, 0) is 25.0 Å². The minimum atomic E-state index is -0.114. The van der Waals surface area contributed by atoms with Crippen LogP contribution in [0.3, 0.4) is 0 Å². The number of carbonyl (C=O) groups excluding carboxylic acids is 1. The molecule has 0 saturated heterocycles. The van der Waals surface area contributed by atoms with Crippen molar-refractivity contribution < 1.29 is 9.53 Å². The summed E-state index contributed by atoms with van der Waals surface area (Å²) in [5.74, 6) is 0.485. The molecule has 1 amide bonds. The third-order valence-corrected chi connectivity index (χ3v) is 2.73. The van der Waals surface area contributed by atoms with Crippen LogP contribution in [0.2, 0.25) is 0 Å². The lowest BCUT2D eigenvalue weighted by molar-refractivity contribution is -0.123. The zero-order chi connectivity index (χ0) is 14.0. The maximum Gasteiger partial charge on any atom is 0.257 e. The van der Waals surface area contributed by atoms with E-state index in [0.717, 1.165) is 19.4 Å². The van der Waals surface area contributed by atoms with E-state index < -0.39 is 0 Å². The van der Waals surface area contributed by atoms with Gasteiger partial charge in [0.05, 0.1) is 12.5 Å². The molecule has 20 heavy (non-hydrogen) atoms. The van der Waals surface area contributed by atoms with Crippen molar-refractivity contribution >= 4 is 5.91 Å². The monoisotopic (exact) mass is 274 g/mol. The zero-order valence-corrected chi connectivity index (χ0v) is 11.2. The summed E-state index contributed by atoms with van der Waals surface area (Å²) >= 11 is 0. The van der Waals surface area contributed by atoms with E-state index in [2.05, 4.69) is 15.3 Å². The lowest BCUT2D eigenvalue weighted by atomic mass is 10.3. The first kappa shape index (κ1) is 14.0. The molecule has 0 aliphatic heterocycles. The predicted octanol–water partition coefficient (Wildman–Crippen LogP) is 1.25. The molecule has 2 heterocycles. The minimum absolute atomic E-state index is 0.0210. The molecule has 0 aliphatic rings. The first-order valence-corrected chi connectivity index (χ1v) is 6.60. The Hall–Kier alpha value is -2.37. The van der Waals surface area contributed by atoms with E-state index in [1.165, 1.54) is 0 Å². The fraction of sp³-hybridized carbons (Fsp3) is 0.357. The van der Waals surface area contributed by atoms with Gasteiger partial charge in [-0.25, -0.2) is 4.98 Å². The predicted molar refractivity (Wildman–Crippen MR) is 74.2 cm³/mol. The molecular weight excluding hydrogens is 256 g/mol. The van der Waals surface area contributed by atoms with E-state index in [0.29, 0.717) is 12.3 Å². The highest BCUT2D eigenvalue weighted by Crippen LogP contribution is 2.05. The minimum Gasteiger partial charge on any atom is -0.482 e. The van der Waals surface area contributed by atoms with Crippen molar-refractivity contribution in [2.75, 3.05) is 13.2 Å². The van der Waals surface area contributed by atoms with Crippen LogP contribution in [-0.2, 0) is 11.3 Å². The van der Waals surface area contributed by atoms with Crippen LogP contribution in [0.1, 0.15) is 12.8 Å². The van der Waals surface area contributed by atoms with Crippen molar-refractivity contribution in [3.63, 3.8) is 0 Å². The molecular formula is C14H18N4O2. The van der Waals surface area contributed by atoms with E-state index in [1.54, 1.807) is 37.1 Å². The van der Waals surface area contributed by atoms with Crippen LogP contribution in [0, 0.1) is 0 Å². The highest BCUT2D eigenvalue weighted by Gasteiger charge is 2.01. The molecule has 6 nitrogen and oxygen atoms in total. The van der Waals surface area contributed by atoms with Crippen LogP contribution in [0.5, 0.6) is 5.75 Å². The van der Waals surface area contributed by atoms with E-state index in [-0.39, 0.29) is 12.5 Å². The summed E-state index contributed by atoms with van der Waals surface area (Å²) < 4.78 is 7.32. The van der Waals surface area contributed by atoms with Crippen LogP contribution >= 0.6 is 0 Å². The Labute approximate surface area is 117 Å². The van der Waals surface area contributed by atoms with Crippen molar-refractivity contribution in [3.05, 3.63) is 43.2 Å². The quantitative estimate of drug-likeness (QED) is 0.736. The lowest BCUT2D eigenvalue weighted by Gasteiger charge is -2.07. The van der Waals surface area contributed by atoms with Gasteiger partial charge < -0.3 is 14.6 Å². The van der Waals surface area contributed by atoms with Crippen molar-refractivity contribution in [3.8, 4) is 5.75 Å². The second-order valence-corrected chi connectivity index (χ2v) is 4.33. The molecule has 0 aliphatic carbocycles. The van der Waals surface area contributed by atoms with E-state index in [1.807, 2.05) is 10.8 Å². The fourth-order valence-electron chi connectivity index (χ4n) is 1.70. The number of aryl methyl sites for hydroxylation is 1. The third kappa shape index (κ3) is 5.09. The molecule has 2 aromatic rings. The molecule has 6 heteroatoms. The van der Waals surface area contributed by atoms with Crippen LogP contribution in [0.15, 0.2) is 43.2 Å². The topological polar surface area (TPSA) is 69.0 Å². The van der Waals surface area contributed by atoms with Gasteiger partial charge in [0, 0.05) is 31.7 Å². The molecule has 1 N–H and O–H groups in total. The Morgan fingerprint density at radius 3 is 3.00 bits per heavy atom. The number of aromatic nitrogens is 3. The summed E-state index contributed by atoms with van der Waals surface area (Å²) in [5.41, 5.74) is 0. The Bertz CT molecular complexity index is 499. The number of pyridine rings is 1. The normalized spacial score (nSPS) is 10.2. The van der Waals surface area contributed by atoms with Crippen molar-refractivity contribution in [2.24, 2.45) is 0 Å². The standard InChI is InChI=1S/C14H18N4O2/c19-14(11-20-13-4-3-5-15-10-13)17-6-1-2-8-18-9-7-16-12-18/h3-5,7,9-10,12H,1-2,6,8,11H2,(H,17,19). The van der Waals surface area contributed by atoms with Gasteiger partial charge in [-0.1, -0.05) is 0 Å². The molecule has 0 bridgehead atoms. The molecule has 0 unspecified atom stereocenters. The Kier molecular flexibility index (Phi) is 5.57. The number of nitrogens with zero attached hydrogens (tertiary/aromatic N) is 3. The summed E-state index contributed by atoms with van der Waals surface area (Å²) in [4.78, 5) is 19.4. The fourth-order valence-corrected chi connectivity index (χ4v) is 1.70. The number of ether oxygens (including phenoxy) is 1. The van der Waals surface area contributed by atoms with Crippen molar-refractivity contribution in [1.29, 1.82) is 0 Å². The number of amides is 1. The molecule has 0 aromatic carbocycles. The smallest absolute Gasteiger partial charge is 0.257 e. The average molecular weight is 274 g/mol. The van der Waals surface area contributed by atoms with Gasteiger partial charge in [0.15, 0.2) is 6.61 Å². The molecule has 0 fully saturated rings. The van der Waals surface area contributed by atoms with Crippen LogP contribution in [0.4, 0.5) is 0 Å². The molecule has 0 spiro atoms. The average Bonchev–Trinajstić information content (AvgIpc) is 2.99. The van der Waals surface area contributed by atoms with E-state index >= 15 is 0 Å². The first-order valence-electron chi connectivity index (χ1n) is 6.60. The summed E-state index contributed by atoms with van der Waals surface area (Å²) in [5, 5.41) is 2.82. The van der Waals surface area contributed by atoms with Gasteiger partial charge in [0.25, 0.3) is 5.91 Å². The van der Waals surface area contributed by atoms with Gasteiger partial charge >= 0.3 is 0 Å². The highest BCUT2D eigenvalue weighted by molar-refractivity contribution is 5.77. The number of nitrogens with one attached hydrogen (secondary N) is 1. The third-order valence-electron chi connectivity index (χ3n) is 2.73.